The molecule has 6 saturated carbocycles. The number of allylic oxidation sites excluding steroid dienone is 2. The maximum Gasteiger partial charge on any atom is 0.505 e. The standard InChI is InChI=1S/C31H42O5/c1-17-7-22-11-23(32)3-4-24(22)27-18(2)12-31(16-35-29(33)34)25(28(17)27)5-6-26(31)36-30-13-19-8-20(14-30)10-21(9-19)15-30/h5,11,17-21,24,26-28H,3-4,6-10,12-16H2,1-2H3,(H,33,34)/t17-,18+,19?,20?,21?,24+,26+,27-,28+,30?,31-/m1/s1. The molecule has 0 aromatic rings. The van der Waals surface area contributed by atoms with Crippen LogP contribution in [-0.4, -0.2) is 35.4 Å². The van der Waals surface area contributed by atoms with Gasteiger partial charge in [0.2, 0.25) is 0 Å². The number of ketones is 1. The maximum absolute atomic E-state index is 12.2. The molecular formula is C31H42O5. The Morgan fingerprint density at radius 2 is 1.75 bits per heavy atom. The summed E-state index contributed by atoms with van der Waals surface area (Å²) >= 11 is 0. The highest BCUT2D eigenvalue weighted by molar-refractivity contribution is 5.91. The van der Waals surface area contributed by atoms with Gasteiger partial charge in [-0.1, -0.05) is 31.1 Å². The predicted octanol–water partition coefficient (Wildman–Crippen LogP) is 6.57. The first-order valence-corrected chi connectivity index (χ1v) is 14.7. The molecule has 8 rings (SSSR count). The molecule has 0 spiro atoms. The quantitative estimate of drug-likeness (QED) is 0.353. The van der Waals surface area contributed by atoms with Crippen LogP contribution >= 0.6 is 0 Å². The van der Waals surface area contributed by atoms with Gasteiger partial charge in [0.1, 0.15) is 6.61 Å². The number of carboxylic acid groups (broad SMARTS) is 1. The van der Waals surface area contributed by atoms with Gasteiger partial charge in [0.15, 0.2) is 5.78 Å². The molecule has 6 fully saturated rings. The Hall–Kier alpha value is -1.62. The summed E-state index contributed by atoms with van der Waals surface area (Å²) in [7, 11) is 0. The minimum Gasteiger partial charge on any atom is -0.450 e. The summed E-state index contributed by atoms with van der Waals surface area (Å²) < 4.78 is 12.8. The molecule has 0 heterocycles. The highest BCUT2D eigenvalue weighted by Gasteiger charge is 2.62. The van der Waals surface area contributed by atoms with Crippen molar-refractivity contribution in [1.29, 1.82) is 0 Å². The molecule has 0 aromatic heterocycles. The van der Waals surface area contributed by atoms with Crippen LogP contribution in [0.15, 0.2) is 23.3 Å². The molecule has 0 amide bonds. The summed E-state index contributed by atoms with van der Waals surface area (Å²) in [5.74, 6) is 5.08. The summed E-state index contributed by atoms with van der Waals surface area (Å²) in [6.07, 6.45) is 15.5. The number of hydrogen-bond acceptors (Lipinski definition) is 4. The van der Waals surface area contributed by atoms with Gasteiger partial charge < -0.3 is 14.6 Å². The van der Waals surface area contributed by atoms with Crippen molar-refractivity contribution in [1.82, 2.24) is 0 Å². The van der Waals surface area contributed by atoms with Gasteiger partial charge in [-0.25, -0.2) is 4.79 Å². The van der Waals surface area contributed by atoms with E-state index in [4.69, 9.17) is 9.47 Å². The van der Waals surface area contributed by atoms with Crippen LogP contribution < -0.4 is 0 Å². The average Bonchev–Trinajstić information content (AvgIpc) is 3.13. The van der Waals surface area contributed by atoms with Crippen LogP contribution in [0.2, 0.25) is 0 Å². The van der Waals surface area contributed by atoms with Gasteiger partial charge >= 0.3 is 6.16 Å². The smallest absolute Gasteiger partial charge is 0.450 e. The molecule has 36 heavy (non-hydrogen) atoms. The summed E-state index contributed by atoms with van der Waals surface area (Å²) in [6, 6.07) is 0. The molecule has 0 aromatic carbocycles. The number of carbonyl (C=O) groups is 2. The fourth-order valence-electron chi connectivity index (χ4n) is 11.3. The van der Waals surface area contributed by atoms with Crippen molar-refractivity contribution >= 4 is 11.9 Å². The Bertz CT molecular complexity index is 989. The van der Waals surface area contributed by atoms with E-state index in [0.29, 0.717) is 41.8 Å². The molecule has 0 unspecified atom stereocenters. The summed E-state index contributed by atoms with van der Waals surface area (Å²) in [5.41, 5.74) is 2.46. The lowest BCUT2D eigenvalue weighted by Gasteiger charge is -2.60. The van der Waals surface area contributed by atoms with Crippen LogP contribution in [0.4, 0.5) is 4.79 Å². The number of carbonyl (C=O) groups excluding carboxylic acids is 1. The van der Waals surface area contributed by atoms with E-state index in [0.717, 1.165) is 43.4 Å². The third-order valence-electron chi connectivity index (χ3n) is 11.8. The molecule has 4 bridgehead atoms. The van der Waals surface area contributed by atoms with Gasteiger partial charge in [-0.15, -0.1) is 0 Å². The van der Waals surface area contributed by atoms with Crippen molar-refractivity contribution in [3.05, 3.63) is 23.3 Å². The fraction of sp³-hybridized carbons (Fsp3) is 0.806. The molecule has 0 aliphatic heterocycles. The van der Waals surface area contributed by atoms with E-state index >= 15 is 0 Å². The normalized spacial score (nSPS) is 50.6. The maximum atomic E-state index is 12.2. The molecule has 0 radical (unpaired) electrons. The second kappa shape index (κ2) is 8.19. The SMILES string of the molecule is C[C@@H]1CC2=CC(=O)CC[C@@H]2[C@@H]2[C@@H]1C1=CC[C@H](OC34CC5CC(CC(C5)C3)C4)[C@@]1(COC(=O)O)C[C@@H]2C. The van der Waals surface area contributed by atoms with Gasteiger partial charge in [0, 0.05) is 6.42 Å². The lowest BCUT2D eigenvalue weighted by molar-refractivity contribution is -0.215. The molecule has 7 atom stereocenters. The zero-order valence-electron chi connectivity index (χ0n) is 21.9. The summed E-state index contributed by atoms with van der Waals surface area (Å²) in [5, 5.41) is 9.56. The van der Waals surface area contributed by atoms with Crippen molar-refractivity contribution < 1.29 is 24.2 Å². The Morgan fingerprint density at radius 3 is 2.42 bits per heavy atom. The molecule has 0 saturated heterocycles. The van der Waals surface area contributed by atoms with E-state index in [1.54, 1.807) is 0 Å². The molecule has 1 N–H and O–H groups in total. The van der Waals surface area contributed by atoms with Gasteiger partial charge in [0.05, 0.1) is 17.1 Å². The van der Waals surface area contributed by atoms with Crippen LogP contribution in [0.5, 0.6) is 0 Å². The van der Waals surface area contributed by atoms with Crippen LogP contribution in [0, 0.1) is 52.8 Å². The van der Waals surface area contributed by atoms with Crippen LogP contribution in [0.25, 0.3) is 0 Å². The highest BCUT2D eigenvalue weighted by Crippen LogP contribution is 2.65. The monoisotopic (exact) mass is 494 g/mol. The van der Waals surface area contributed by atoms with E-state index in [9.17, 15) is 14.7 Å². The van der Waals surface area contributed by atoms with Gasteiger partial charge in [-0.2, -0.15) is 0 Å². The third-order valence-corrected chi connectivity index (χ3v) is 11.8. The van der Waals surface area contributed by atoms with Crippen molar-refractivity contribution in [2.45, 2.75) is 96.2 Å². The van der Waals surface area contributed by atoms with E-state index < -0.39 is 6.16 Å². The lowest BCUT2D eigenvalue weighted by Crippen LogP contribution is -2.58. The average molecular weight is 495 g/mol. The number of fused-ring (bicyclic) bond motifs is 5. The van der Waals surface area contributed by atoms with E-state index in [1.165, 1.54) is 49.7 Å². The Morgan fingerprint density at radius 1 is 1.06 bits per heavy atom. The van der Waals surface area contributed by atoms with Gasteiger partial charge in [-0.3, -0.25) is 4.79 Å². The highest BCUT2D eigenvalue weighted by atomic mass is 16.7. The van der Waals surface area contributed by atoms with Crippen LogP contribution in [0.1, 0.15) is 84.5 Å². The van der Waals surface area contributed by atoms with Gasteiger partial charge in [-0.05, 0) is 118 Å². The summed E-state index contributed by atoms with van der Waals surface area (Å²) in [4.78, 5) is 23.9. The predicted molar refractivity (Wildman–Crippen MR) is 135 cm³/mol. The molecule has 8 aliphatic rings. The van der Waals surface area contributed by atoms with Crippen molar-refractivity contribution in [2.75, 3.05) is 6.61 Å². The minimum atomic E-state index is -1.17. The van der Waals surface area contributed by atoms with E-state index in [-0.39, 0.29) is 23.7 Å². The first-order valence-electron chi connectivity index (χ1n) is 14.7. The van der Waals surface area contributed by atoms with Crippen molar-refractivity contribution in [2.24, 2.45) is 52.8 Å². The Kier molecular flexibility index (Phi) is 5.34. The Balaban J connectivity index is 1.22. The zero-order valence-corrected chi connectivity index (χ0v) is 21.9. The first kappa shape index (κ1) is 23.5. The molecule has 5 nitrogen and oxygen atoms in total. The number of rotatable bonds is 4. The zero-order chi connectivity index (χ0) is 24.8. The molecule has 196 valence electrons. The second-order valence-electron chi connectivity index (χ2n) is 14.1. The third kappa shape index (κ3) is 3.50. The summed E-state index contributed by atoms with van der Waals surface area (Å²) in [6.45, 7) is 4.95. The fourth-order valence-corrected chi connectivity index (χ4v) is 11.3. The van der Waals surface area contributed by atoms with E-state index in [2.05, 4.69) is 19.9 Å². The molecule has 5 heteroatoms. The van der Waals surface area contributed by atoms with Crippen LogP contribution in [-0.2, 0) is 14.3 Å². The van der Waals surface area contributed by atoms with Crippen LogP contribution in [0.3, 0.4) is 0 Å². The topological polar surface area (TPSA) is 72.8 Å². The second-order valence-corrected chi connectivity index (χ2v) is 14.1. The first-order chi connectivity index (χ1) is 17.3. The van der Waals surface area contributed by atoms with Crippen molar-refractivity contribution in [3.63, 3.8) is 0 Å². The van der Waals surface area contributed by atoms with Crippen molar-refractivity contribution in [3.8, 4) is 0 Å². The van der Waals surface area contributed by atoms with E-state index in [1.807, 2.05) is 6.08 Å². The number of ether oxygens (including phenoxy) is 2. The lowest BCUT2D eigenvalue weighted by atomic mass is 9.48. The number of hydrogen-bond donors (Lipinski definition) is 1. The molecule has 8 aliphatic carbocycles. The largest absolute Gasteiger partial charge is 0.505 e. The minimum absolute atomic E-state index is 0.00314. The van der Waals surface area contributed by atoms with Gasteiger partial charge in [0.25, 0.3) is 0 Å². The Labute approximate surface area is 215 Å². The molecular weight excluding hydrogens is 452 g/mol.